The van der Waals surface area contributed by atoms with Crippen molar-refractivity contribution >= 4 is 21.6 Å². The summed E-state index contributed by atoms with van der Waals surface area (Å²) in [6.07, 6.45) is 0. The summed E-state index contributed by atoms with van der Waals surface area (Å²) in [4.78, 5) is 2.06. The molecule has 108 valence electrons. The predicted octanol–water partition coefficient (Wildman–Crippen LogP) is 2.00. The number of hydrogen-bond acceptors (Lipinski definition) is 4. The largest absolute Gasteiger partial charge is 0.394 e. The van der Waals surface area contributed by atoms with E-state index in [4.69, 9.17) is 4.74 Å². The summed E-state index contributed by atoms with van der Waals surface area (Å²) in [5, 5.41) is 12.5. The molecule has 0 aromatic heterocycles. The standard InChI is InChI=1S/C14H23BrN2O2/c1-11(10-18)17(2)13-5-4-12(14(15)8-13)9-16-6-7-19-3/h4-5,8,11,16,18H,6-7,9-10H2,1-3H3. The molecule has 1 aromatic rings. The zero-order chi connectivity index (χ0) is 14.3. The third-order valence-corrected chi connectivity index (χ3v) is 3.91. The first kappa shape index (κ1) is 16.4. The number of benzene rings is 1. The van der Waals surface area contributed by atoms with Crippen molar-refractivity contribution in [2.45, 2.75) is 19.5 Å². The van der Waals surface area contributed by atoms with Gasteiger partial charge >= 0.3 is 0 Å². The third kappa shape index (κ3) is 5.10. The molecular weight excluding hydrogens is 308 g/mol. The third-order valence-electron chi connectivity index (χ3n) is 3.17. The van der Waals surface area contributed by atoms with Crippen LogP contribution in [-0.2, 0) is 11.3 Å². The highest BCUT2D eigenvalue weighted by molar-refractivity contribution is 9.10. The number of likely N-dealkylation sites (N-methyl/N-ethyl adjacent to an activating group) is 1. The lowest BCUT2D eigenvalue weighted by Gasteiger charge is -2.26. The smallest absolute Gasteiger partial charge is 0.0632 e. The molecule has 19 heavy (non-hydrogen) atoms. The van der Waals surface area contributed by atoms with Crippen LogP contribution >= 0.6 is 15.9 Å². The second kappa shape index (κ2) is 8.53. The van der Waals surface area contributed by atoms with Crippen LogP contribution in [-0.4, -0.2) is 45.1 Å². The lowest BCUT2D eigenvalue weighted by Crippen LogP contribution is -2.31. The number of methoxy groups -OCH3 is 1. The fraction of sp³-hybridized carbons (Fsp3) is 0.571. The molecule has 4 nitrogen and oxygen atoms in total. The quantitative estimate of drug-likeness (QED) is 0.715. The number of aliphatic hydroxyl groups excluding tert-OH is 1. The van der Waals surface area contributed by atoms with Crippen molar-refractivity contribution in [1.29, 1.82) is 0 Å². The van der Waals surface area contributed by atoms with Gasteiger partial charge in [0.05, 0.1) is 13.2 Å². The molecule has 0 fully saturated rings. The van der Waals surface area contributed by atoms with Crippen LogP contribution in [0.5, 0.6) is 0 Å². The molecule has 5 heteroatoms. The lowest BCUT2D eigenvalue weighted by atomic mass is 10.1. The van der Waals surface area contributed by atoms with Crippen molar-refractivity contribution < 1.29 is 9.84 Å². The number of hydrogen-bond donors (Lipinski definition) is 2. The second-order valence-corrected chi connectivity index (χ2v) is 5.44. The van der Waals surface area contributed by atoms with Crippen LogP contribution in [0.15, 0.2) is 22.7 Å². The van der Waals surface area contributed by atoms with Gasteiger partial charge in [0.2, 0.25) is 0 Å². The van der Waals surface area contributed by atoms with Gasteiger partial charge in [0.15, 0.2) is 0 Å². The molecule has 1 unspecified atom stereocenters. The Balaban J connectivity index is 2.63. The summed E-state index contributed by atoms with van der Waals surface area (Å²) in [6, 6.07) is 6.36. The fourth-order valence-electron chi connectivity index (χ4n) is 1.67. The molecule has 0 spiro atoms. The predicted molar refractivity (Wildman–Crippen MR) is 82.7 cm³/mol. The van der Waals surface area contributed by atoms with E-state index in [1.807, 2.05) is 14.0 Å². The minimum absolute atomic E-state index is 0.109. The Morgan fingerprint density at radius 3 is 2.79 bits per heavy atom. The summed E-state index contributed by atoms with van der Waals surface area (Å²) in [5.74, 6) is 0. The van der Waals surface area contributed by atoms with Crippen molar-refractivity contribution in [1.82, 2.24) is 5.32 Å². The zero-order valence-electron chi connectivity index (χ0n) is 11.8. The maximum absolute atomic E-state index is 9.18. The molecule has 0 saturated heterocycles. The average molecular weight is 331 g/mol. The van der Waals surface area contributed by atoms with Gasteiger partial charge in [-0.05, 0) is 24.6 Å². The number of aliphatic hydroxyl groups is 1. The summed E-state index contributed by atoms with van der Waals surface area (Å²) < 4.78 is 6.07. The summed E-state index contributed by atoms with van der Waals surface area (Å²) in [7, 11) is 3.68. The Hall–Kier alpha value is -0.620. The van der Waals surface area contributed by atoms with Crippen LogP contribution in [0, 0.1) is 0 Å². The van der Waals surface area contributed by atoms with E-state index in [1.165, 1.54) is 5.56 Å². The van der Waals surface area contributed by atoms with Gasteiger partial charge in [0.1, 0.15) is 0 Å². The Labute approximate surface area is 123 Å². The maximum atomic E-state index is 9.18. The molecule has 0 radical (unpaired) electrons. The van der Waals surface area contributed by atoms with Gasteiger partial charge in [-0.1, -0.05) is 22.0 Å². The van der Waals surface area contributed by atoms with Crippen molar-refractivity contribution in [3.63, 3.8) is 0 Å². The van der Waals surface area contributed by atoms with Gasteiger partial charge in [-0.2, -0.15) is 0 Å². The average Bonchev–Trinajstić information content (AvgIpc) is 2.43. The van der Waals surface area contributed by atoms with E-state index < -0.39 is 0 Å². The molecule has 0 aliphatic heterocycles. The molecule has 2 N–H and O–H groups in total. The van der Waals surface area contributed by atoms with Crippen LogP contribution < -0.4 is 10.2 Å². The summed E-state index contributed by atoms with van der Waals surface area (Å²) >= 11 is 3.60. The lowest BCUT2D eigenvalue weighted by molar-refractivity contribution is 0.199. The number of nitrogens with one attached hydrogen (secondary N) is 1. The van der Waals surface area contributed by atoms with Gasteiger partial charge < -0.3 is 20.1 Å². The first-order valence-electron chi connectivity index (χ1n) is 6.42. The molecule has 0 saturated carbocycles. The summed E-state index contributed by atoms with van der Waals surface area (Å²) in [5.41, 5.74) is 2.30. The highest BCUT2D eigenvalue weighted by Crippen LogP contribution is 2.24. The van der Waals surface area contributed by atoms with Gasteiger partial charge in [-0.15, -0.1) is 0 Å². The minimum atomic E-state index is 0.109. The molecule has 1 aromatic carbocycles. The van der Waals surface area contributed by atoms with Crippen molar-refractivity contribution in [3.05, 3.63) is 28.2 Å². The van der Waals surface area contributed by atoms with Crippen molar-refractivity contribution in [2.24, 2.45) is 0 Å². The van der Waals surface area contributed by atoms with E-state index in [0.29, 0.717) is 6.61 Å². The fourth-order valence-corrected chi connectivity index (χ4v) is 2.18. The summed E-state index contributed by atoms with van der Waals surface area (Å²) in [6.45, 7) is 4.50. The van der Waals surface area contributed by atoms with E-state index in [1.54, 1.807) is 7.11 Å². The molecule has 0 aliphatic carbocycles. The normalized spacial score (nSPS) is 12.5. The molecular formula is C14H23BrN2O2. The Morgan fingerprint density at radius 2 is 2.21 bits per heavy atom. The molecule has 0 bridgehead atoms. The Morgan fingerprint density at radius 1 is 1.47 bits per heavy atom. The van der Waals surface area contributed by atoms with E-state index in [9.17, 15) is 5.11 Å². The Kier molecular flexibility index (Phi) is 7.38. The topological polar surface area (TPSA) is 44.7 Å². The molecule has 1 rings (SSSR count). The molecule has 1 atom stereocenters. The number of ether oxygens (including phenoxy) is 1. The minimum Gasteiger partial charge on any atom is -0.394 e. The van der Waals surface area contributed by atoms with E-state index in [0.717, 1.165) is 23.2 Å². The number of anilines is 1. The monoisotopic (exact) mass is 330 g/mol. The van der Waals surface area contributed by atoms with Gasteiger partial charge in [-0.3, -0.25) is 0 Å². The molecule has 0 aliphatic rings. The van der Waals surface area contributed by atoms with Gasteiger partial charge in [0, 0.05) is 43.4 Å². The van der Waals surface area contributed by atoms with Crippen LogP contribution in [0.4, 0.5) is 5.69 Å². The van der Waals surface area contributed by atoms with Crippen molar-refractivity contribution in [3.8, 4) is 0 Å². The number of halogens is 1. The van der Waals surface area contributed by atoms with Crippen molar-refractivity contribution in [2.75, 3.05) is 38.8 Å². The first-order chi connectivity index (χ1) is 9.10. The van der Waals surface area contributed by atoms with Crippen LogP contribution in [0.3, 0.4) is 0 Å². The van der Waals surface area contributed by atoms with Gasteiger partial charge in [0.25, 0.3) is 0 Å². The second-order valence-electron chi connectivity index (χ2n) is 4.59. The van der Waals surface area contributed by atoms with Crippen LogP contribution in [0.1, 0.15) is 12.5 Å². The highest BCUT2D eigenvalue weighted by Gasteiger charge is 2.10. The van der Waals surface area contributed by atoms with E-state index in [-0.39, 0.29) is 12.6 Å². The maximum Gasteiger partial charge on any atom is 0.0632 e. The number of rotatable bonds is 8. The molecule has 0 heterocycles. The highest BCUT2D eigenvalue weighted by atomic mass is 79.9. The van der Waals surface area contributed by atoms with Crippen LogP contribution in [0.2, 0.25) is 0 Å². The van der Waals surface area contributed by atoms with E-state index >= 15 is 0 Å². The first-order valence-corrected chi connectivity index (χ1v) is 7.21. The van der Waals surface area contributed by atoms with Crippen LogP contribution in [0.25, 0.3) is 0 Å². The van der Waals surface area contributed by atoms with E-state index in [2.05, 4.69) is 44.3 Å². The van der Waals surface area contributed by atoms with Gasteiger partial charge in [-0.25, -0.2) is 0 Å². The Bertz CT molecular complexity index is 388. The zero-order valence-corrected chi connectivity index (χ0v) is 13.4. The molecule has 0 amide bonds. The SMILES string of the molecule is COCCNCc1ccc(N(C)C(C)CO)cc1Br. The number of nitrogens with zero attached hydrogens (tertiary/aromatic N) is 1.